The van der Waals surface area contributed by atoms with E-state index in [1.807, 2.05) is 24.7 Å². The van der Waals surface area contributed by atoms with Crippen molar-refractivity contribution < 1.29 is 9.32 Å². The summed E-state index contributed by atoms with van der Waals surface area (Å²) in [5, 5.41) is 10.9. The number of nitrogens with zero attached hydrogens (tertiary/aromatic N) is 5. The van der Waals surface area contributed by atoms with E-state index >= 15 is 0 Å². The molecule has 2 aromatic rings. The van der Waals surface area contributed by atoms with E-state index in [9.17, 15) is 4.79 Å². The predicted octanol–water partition coefficient (Wildman–Crippen LogP) is 2.18. The van der Waals surface area contributed by atoms with Crippen LogP contribution in [0.15, 0.2) is 16.9 Å². The number of likely N-dealkylation sites (tertiary alicyclic amines) is 1. The highest BCUT2D eigenvalue weighted by molar-refractivity contribution is 5.89. The Bertz CT molecular complexity index is 662. The number of aromatic nitrogens is 4. The van der Waals surface area contributed by atoms with Gasteiger partial charge in [0.25, 0.3) is 0 Å². The van der Waals surface area contributed by atoms with Gasteiger partial charge in [-0.15, -0.1) is 0 Å². The van der Waals surface area contributed by atoms with Gasteiger partial charge in [0.2, 0.25) is 5.89 Å². The summed E-state index contributed by atoms with van der Waals surface area (Å²) in [7, 11) is 0. The van der Waals surface area contributed by atoms with Crippen molar-refractivity contribution in [1.82, 2.24) is 24.8 Å². The Hall–Kier alpha value is -2.38. The summed E-state index contributed by atoms with van der Waals surface area (Å²) < 4.78 is 7.00. The average molecular weight is 304 g/mol. The molecule has 3 heterocycles. The van der Waals surface area contributed by atoms with Crippen molar-refractivity contribution in [1.29, 1.82) is 0 Å². The van der Waals surface area contributed by atoms with E-state index in [4.69, 9.17) is 4.52 Å². The lowest BCUT2D eigenvalue weighted by Crippen LogP contribution is -2.32. The smallest absolute Gasteiger partial charge is 0.321 e. The fourth-order valence-corrected chi connectivity index (χ4v) is 2.51. The minimum Gasteiger partial charge on any atom is -0.339 e. The van der Waals surface area contributed by atoms with Gasteiger partial charge in [0.15, 0.2) is 5.82 Å². The van der Waals surface area contributed by atoms with Crippen molar-refractivity contribution in [3.8, 4) is 0 Å². The van der Waals surface area contributed by atoms with Crippen LogP contribution in [0.4, 0.5) is 10.5 Å². The van der Waals surface area contributed by atoms with Gasteiger partial charge in [-0.25, -0.2) is 4.79 Å². The number of carbonyl (C=O) groups excluding carboxylic acids is 1. The van der Waals surface area contributed by atoms with Crippen molar-refractivity contribution in [3.05, 3.63) is 24.1 Å². The SMILES string of the molecule is Cc1noc([C@H]2CCN(C(=O)Nc3cnn(C(C)C)c3)C2)n1. The third-order valence-corrected chi connectivity index (χ3v) is 3.75. The Morgan fingerprint density at radius 2 is 2.32 bits per heavy atom. The number of amides is 2. The normalized spacial score (nSPS) is 18.2. The lowest BCUT2D eigenvalue weighted by molar-refractivity contribution is 0.221. The number of hydrogen-bond acceptors (Lipinski definition) is 5. The zero-order chi connectivity index (χ0) is 15.7. The summed E-state index contributed by atoms with van der Waals surface area (Å²) in [6.07, 6.45) is 4.32. The van der Waals surface area contributed by atoms with Gasteiger partial charge >= 0.3 is 6.03 Å². The van der Waals surface area contributed by atoms with E-state index in [1.165, 1.54) is 0 Å². The van der Waals surface area contributed by atoms with Crippen LogP contribution in [0.3, 0.4) is 0 Å². The molecule has 8 nitrogen and oxygen atoms in total. The van der Waals surface area contributed by atoms with Crippen LogP contribution < -0.4 is 5.32 Å². The Balaban J connectivity index is 1.59. The first-order valence-electron chi connectivity index (χ1n) is 7.43. The van der Waals surface area contributed by atoms with Gasteiger partial charge in [0.05, 0.1) is 17.8 Å². The van der Waals surface area contributed by atoms with Crippen LogP contribution in [0.25, 0.3) is 0 Å². The van der Waals surface area contributed by atoms with E-state index in [0.717, 1.165) is 6.42 Å². The van der Waals surface area contributed by atoms with Crippen LogP contribution in [-0.2, 0) is 0 Å². The summed E-state index contributed by atoms with van der Waals surface area (Å²) in [5.74, 6) is 1.35. The molecule has 0 spiro atoms. The molecule has 22 heavy (non-hydrogen) atoms. The topological polar surface area (TPSA) is 89.1 Å². The number of aryl methyl sites for hydroxylation is 1. The molecule has 1 aliphatic rings. The second-order valence-electron chi connectivity index (χ2n) is 5.84. The molecule has 1 atom stereocenters. The molecule has 3 rings (SSSR count). The van der Waals surface area contributed by atoms with Crippen LogP contribution in [0.5, 0.6) is 0 Å². The second kappa shape index (κ2) is 5.78. The summed E-state index contributed by atoms with van der Waals surface area (Å²) >= 11 is 0. The first kappa shape index (κ1) is 14.6. The largest absolute Gasteiger partial charge is 0.339 e. The van der Waals surface area contributed by atoms with Gasteiger partial charge in [-0.3, -0.25) is 4.68 Å². The van der Waals surface area contributed by atoms with Crippen LogP contribution >= 0.6 is 0 Å². The zero-order valence-corrected chi connectivity index (χ0v) is 13.0. The Kier molecular flexibility index (Phi) is 3.82. The quantitative estimate of drug-likeness (QED) is 0.938. The molecule has 118 valence electrons. The fourth-order valence-electron chi connectivity index (χ4n) is 2.51. The highest BCUT2D eigenvalue weighted by Gasteiger charge is 2.31. The maximum atomic E-state index is 12.3. The Morgan fingerprint density at radius 1 is 1.50 bits per heavy atom. The van der Waals surface area contributed by atoms with Crippen molar-refractivity contribution in [2.24, 2.45) is 0 Å². The van der Waals surface area contributed by atoms with E-state index < -0.39 is 0 Å². The first-order valence-corrected chi connectivity index (χ1v) is 7.43. The number of hydrogen-bond donors (Lipinski definition) is 1. The standard InChI is InChI=1S/C14H20N6O2/c1-9(2)20-8-12(6-15-20)17-14(21)19-5-4-11(7-19)13-16-10(3)18-22-13/h6,8-9,11H,4-5,7H2,1-3H3,(H,17,21)/t11-/m0/s1. The number of anilines is 1. The van der Waals surface area contributed by atoms with Crippen molar-refractivity contribution in [2.75, 3.05) is 18.4 Å². The van der Waals surface area contributed by atoms with Crippen LogP contribution in [-0.4, -0.2) is 43.9 Å². The fraction of sp³-hybridized carbons (Fsp3) is 0.571. The molecule has 0 saturated carbocycles. The van der Waals surface area contributed by atoms with Gasteiger partial charge in [-0.2, -0.15) is 10.1 Å². The Morgan fingerprint density at radius 3 is 2.95 bits per heavy atom. The van der Waals surface area contributed by atoms with E-state index in [-0.39, 0.29) is 18.0 Å². The van der Waals surface area contributed by atoms with Crippen LogP contribution in [0.2, 0.25) is 0 Å². The number of urea groups is 1. The molecule has 2 amide bonds. The van der Waals surface area contributed by atoms with Crippen LogP contribution in [0, 0.1) is 6.92 Å². The van der Waals surface area contributed by atoms with Gasteiger partial charge in [-0.1, -0.05) is 5.16 Å². The Labute approximate surface area is 128 Å². The third kappa shape index (κ3) is 2.95. The first-order chi connectivity index (χ1) is 10.5. The molecule has 0 unspecified atom stereocenters. The molecule has 0 radical (unpaired) electrons. The minimum absolute atomic E-state index is 0.116. The van der Waals surface area contributed by atoms with Gasteiger partial charge in [0.1, 0.15) is 0 Å². The molecule has 2 aromatic heterocycles. The lowest BCUT2D eigenvalue weighted by Gasteiger charge is -2.15. The highest BCUT2D eigenvalue weighted by atomic mass is 16.5. The number of carbonyl (C=O) groups is 1. The summed E-state index contributed by atoms with van der Waals surface area (Å²) in [5.41, 5.74) is 0.704. The van der Waals surface area contributed by atoms with Crippen molar-refractivity contribution >= 4 is 11.7 Å². The summed E-state index contributed by atoms with van der Waals surface area (Å²) in [6, 6.07) is 0.143. The van der Waals surface area contributed by atoms with E-state index in [2.05, 4.69) is 20.6 Å². The molecule has 1 fully saturated rings. The van der Waals surface area contributed by atoms with Gasteiger partial charge in [0, 0.05) is 25.3 Å². The molecular formula is C14H20N6O2. The number of nitrogens with one attached hydrogen (secondary N) is 1. The number of rotatable bonds is 3. The molecule has 0 aromatic carbocycles. The maximum absolute atomic E-state index is 12.3. The van der Waals surface area contributed by atoms with Crippen molar-refractivity contribution in [2.45, 2.75) is 39.2 Å². The molecule has 0 bridgehead atoms. The predicted molar refractivity (Wildman–Crippen MR) is 79.6 cm³/mol. The average Bonchev–Trinajstić information content (AvgIpc) is 3.16. The highest BCUT2D eigenvalue weighted by Crippen LogP contribution is 2.26. The van der Waals surface area contributed by atoms with Gasteiger partial charge < -0.3 is 14.7 Å². The van der Waals surface area contributed by atoms with E-state index in [1.54, 1.807) is 18.0 Å². The second-order valence-corrected chi connectivity index (χ2v) is 5.84. The maximum Gasteiger partial charge on any atom is 0.321 e. The molecule has 1 N–H and O–H groups in total. The molecule has 8 heteroatoms. The third-order valence-electron chi connectivity index (χ3n) is 3.75. The molecule has 1 aliphatic heterocycles. The monoisotopic (exact) mass is 304 g/mol. The summed E-state index contributed by atoms with van der Waals surface area (Å²) in [6.45, 7) is 7.13. The van der Waals surface area contributed by atoms with Crippen LogP contribution in [0.1, 0.15) is 43.9 Å². The molecule has 0 aliphatic carbocycles. The van der Waals surface area contributed by atoms with Crippen molar-refractivity contribution in [3.63, 3.8) is 0 Å². The molecule has 1 saturated heterocycles. The zero-order valence-electron chi connectivity index (χ0n) is 13.0. The van der Waals surface area contributed by atoms with E-state index in [0.29, 0.717) is 30.5 Å². The summed E-state index contributed by atoms with van der Waals surface area (Å²) in [4.78, 5) is 18.3. The van der Waals surface area contributed by atoms with Gasteiger partial charge in [-0.05, 0) is 27.2 Å². The lowest BCUT2D eigenvalue weighted by atomic mass is 10.1. The molecular weight excluding hydrogens is 284 g/mol. The minimum atomic E-state index is -0.123.